The molecule has 2 heterocycles. The monoisotopic (exact) mass is 443 g/mol. The lowest BCUT2D eigenvalue weighted by molar-refractivity contribution is -0.140. The highest BCUT2D eigenvalue weighted by atomic mass is 32.1. The number of carbonyl (C=O) groups is 2. The predicted molar refractivity (Wildman–Crippen MR) is 125 cm³/mol. The largest absolute Gasteiger partial charge is 0.343 e. The smallest absolute Gasteiger partial charge is 0.246 e. The summed E-state index contributed by atoms with van der Waals surface area (Å²) in [5.41, 5.74) is 1.58. The predicted octanol–water partition coefficient (Wildman–Crippen LogP) is 2.42. The van der Waals surface area contributed by atoms with Crippen LogP contribution < -0.4 is 16.0 Å². The second kappa shape index (κ2) is 9.89. The topological polar surface area (TPSA) is 86.4 Å². The molecular formula is C23H33N5O2S. The molecule has 3 unspecified atom stereocenters. The Labute approximate surface area is 188 Å². The molecule has 8 heteroatoms. The lowest BCUT2D eigenvalue weighted by Crippen LogP contribution is -2.56. The Hall–Kier alpha value is -2.29. The molecule has 168 valence electrons. The van der Waals surface area contributed by atoms with Gasteiger partial charge >= 0.3 is 0 Å². The number of carbonyl (C=O) groups excluding carboxylic acids is 2. The number of benzene rings is 1. The summed E-state index contributed by atoms with van der Waals surface area (Å²) in [4.78, 5) is 32.7. The molecule has 2 aromatic rings. The summed E-state index contributed by atoms with van der Waals surface area (Å²) in [6.45, 7) is 6.70. The number of aromatic nitrogens is 1. The Kier molecular flexibility index (Phi) is 7.46. The molecule has 3 N–H and O–H groups in total. The number of nitrogens with zero attached hydrogens (tertiary/aromatic N) is 2. The zero-order valence-electron chi connectivity index (χ0n) is 18.9. The maximum Gasteiger partial charge on any atom is 0.246 e. The van der Waals surface area contributed by atoms with Crippen molar-refractivity contribution in [3.8, 4) is 11.3 Å². The van der Waals surface area contributed by atoms with Crippen molar-refractivity contribution in [2.75, 3.05) is 27.2 Å². The summed E-state index contributed by atoms with van der Waals surface area (Å²) in [7, 11) is 3.64. The molecule has 0 spiro atoms. The van der Waals surface area contributed by atoms with Gasteiger partial charge in [0.05, 0.1) is 18.3 Å². The lowest BCUT2D eigenvalue weighted by atomic mass is 9.85. The van der Waals surface area contributed by atoms with E-state index >= 15 is 0 Å². The van der Waals surface area contributed by atoms with E-state index in [0.29, 0.717) is 6.54 Å². The molecule has 3 rings (SSSR count). The van der Waals surface area contributed by atoms with Gasteiger partial charge in [-0.2, -0.15) is 0 Å². The number of amides is 2. The summed E-state index contributed by atoms with van der Waals surface area (Å²) >= 11 is 1.59. The van der Waals surface area contributed by atoms with Crippen molar-refractivity contribution >= 4 is 23.2 Å². The zero-order chi connectivity index (χ0) is 22.6. The molecule has 0 bridgehead atoms. The highest BCUT2D eigenvalue weighted by Gasteiger charge is 2.43. The van der Waals surface area contributed by atoms with Gasteiger partial charge in [0.2, 0.25) is 11.8 Å². The standard InChI is InChI=1S/C23H33N5O2S/c1-23(2,3)20(27-19(29)12-24-4)22(30)28-13-16(25-5)11-18(28)21-26-17(14-31-21)15-9-7-6-8-10-15/h6-10,14,16,18,20,24-25H,11-13H2,1-5H3,(H,27,29). The number of likely N-dealkylation sites (tertiary alicyclic amines) is 1. The second-order valence-corrected chi connectivity index (χ2v) is 9.95. The van der Waals surface area contributed by atoms with Crippen molar-refractivity contribution in [2.24, 2.45) is 5.41 Å². The van der Waals surface area contributed by atoms with Crippen LogP contribution in [-0.4, -0.2) is 61.0 Å². The first kappa shape index (κ1) is 23.4. The Bertz CT molecular complexity index is 893. The normalized spacial score (nSPS) is 20.0. The minimum atomic E-state index is -0.611. The van der Waals surface area contributed by atoms with Crippen molar-refractivity contribution in [1.82, 2.24) is 25.8 Å². The fraction of sp³-hybridized carbons (Fsp3) is 0.522. The fourth-order valence-corrected chi connectivity index (χ4v) is 4.84. The molecule has 1 aliphatic rings. The van der Waals surface area contributed by atoms with E-state index in [1.54, 1.807) is 18.4 Å². The molecule has 1 saturated heterocycles. The first-order valence-corrected chi connectivity index (χ1v) is 11.5. The third-order valence-electron chi connectivity index (χ3n) is 5.62. The molecule has 3 atom stereocenters. The third-order valence-corrected chi connectivity index (χ3v) is 6.57. The van der Waals surface area contributed by atoms with Gasteiger partial charge in [0, 0.05) is 23.5 Å². The third kappa shape index (κ3) is 5.50. The summed E-state index contributed by atoms with van der Waals surface area (Å²) in [6.07, 6.45) is 0.797. The van der Waals surface area contributed by atoms with E-state index in [1.807, 2.05) is 63.1 Å². The molecule has 7 nitrogen and oxygen atoms in total. The van der Waals surface area contributed by atoms with Gasteiger partial charge in [-0.05, 0) is 25.9 Å². The molecule has 2 amide bonds. The van der Waals surface area contributed by atoms with Gasteiger partial charge < -0.3 is 20.9 Å². The van der Waals surface area contributed by atoms with Crippen LogP contribution in [0.1, 0.15) is 38.2 Å². The van der Waals surface area contributed by atoms with Crippen molar-refractivity contribution in [2.45, 2.75) is 45.3 Å². The van der Waals surface area contributed by atoms with Crippen LogP contribution in [0.5, 0.6) is 0 Å². The Morgan fingerprint density at radius 3 is 2.55 bits per heavy atom. The highest BCUT2D eigenvalue weighted by Crippen LogP contribution is 2.37. The maximum atomic E-state index is 13.7. The van der Waals surface area contributed by atoms with Gasteiger partial charge in [-0.1, -0.05) is 51.1 Å². The van der Waals surface area contributed by atoms with Crippen LogP contribution in [-0.2, 0) is 9.59 Å². The molecule has 31 heavy (non-hydrogen) atoms. The van der Waals surface area contributed by atoms with E-state index in [2.05, 4.69) is 21.3 Å². The first-order valence-electron chi connectivity index (χ1n) is 10.7. The molecule has 1 aromatic carbocycles. The van der Waals surface area contributed by atoms with E-state index < -0.39 is 11.5 Å². The zero-order valence-corrected chi connectivity index (χ0v) is 19.8. The summed E-state index contributed by atoms with van der Waals surface area (Å²) in [6, 6.07) is 9.53. The van der Waals surface area contributed by atoms with Crippen LogP contribution in [0.2, 0.25) is 0 Å². The van der Waals surface area contributed by atoms with E-state index in [1.165, 1.54) is 0 Å². The van der Waals surface area contributed by atoms with Crippen molar-refractivity contribution in [1.29, 1.82) is 0 Å². The van der Waals surface area contributed by atoms with Crippen LogP contribution in [0.3, 0.4) is 0 Å². The Morgan fingerprint density at radius 1 is 1.23 bits per heavy atom. The maximum absolute atomic E-state index is 13.7. The van der Waals surface area contributed by atoms with Gasteiger partial charge in [0.1, 0.15) is 11.0 Å². The van der Waals surface area contributed by atoms with Gasteiger partial charge in [-0.25, -0.2) is 4.98 Å². The molecule has 1 aromatic heterocycles. The number of likely N-dealkylation sites (N-methyl/N-ethyl adjacent to an activating group) is 2. The SMILES string of the molecule is CNCC(=O)NC(C(=O)N1CC(NC)CC1c1nc(-c2ccccc2)cs1)C(C)(C)C. The Balaban J connectivity index is 1.87. The molecule has 0 aliphatic carbocycles. The minimum Gasteiger partial charge on any atom is -0.343 e. The van der Waals surface area contributed by atoms with Crippen LogP contribution in [0.25, 0.3) is 11.3 Å². The van der Waals surface area contributed by atoms with Gasteiger partial charge in [-0.3, -0.25) is 9.59 Å². The minimum absolute atomic E-state index is 0.0591. The van der Waals surface area contributed by atoms with E-state index in [4.69, 9.17) is 4.98 Å². The quantitative estimate of drug-likeness (QED) is 0.612. The van der Waals surface area contributed by atoms with Crippen LogP contribution >= 0.6 is 11.3 Å². The van der Waals surface area contributed by atoms with Crippen LogP contribution in [0, 0.1) is 5.41 Å². The van der Waals surface area contributed by atoms with Gasteiger partial charge in [-0.15, -0.1) is 11.3 Å². The number of thiazole rings is 1. The van der Waals surface area contributed by atoms with E-state index in [9.17, 15) is 9.59 Å². The average molecular weight is 444 g/mol. The van der Waals surface area contributed by atoms with E-state index in [0.717, 1.165) is 22.7 Å². The fourth-order valence-electron chi connectivity index (χ4n) is 3.89. The number of nitrogens with one attached hydrogen (secondary N) is 3. The summed E-state index contributed by atoms with van der Waals surface area (Å²) < 4.78 is 0. The van der Waals surface area contributed by atoms with Crippen LogP contribution in [0.15, 0.2) is 35.7 Å². The highest BCUT2D eigenvalue weighted by molar-refractivity contribution is 7.10. The van der Waals surface area contributed by atoms with Crippen molar-refractivity contribution in [3.05, 3.63) is 40.7 Å². The Morgan fingerprint density at radius 2 is 1.94 bits per heavy atom. The molecule has 1 fully saturated rings. The number of rotatable bonds is 7. The van der Waals surface area contributed by atoms with Gasteiger partial charge in [0.25, 0.3) is 0 Å². The van der Waals surface area contributed by atoms with Crippen molar-refractivity contribution in [3.63, 3.8) is 0 Å². The molecule has 0 saturated carbocycles. The molecule has 0 radical (unpaired) electrons. The number of hydrogen-bond donors (Lipinski definition) is 3. The van der Waals surface area contributed by atoms with Crippen molar-refractivity contribution < 1.29 is 9.59 Å². The summed E-state index contributed by atoms with van der Waals surface area (Å²) in [5, 5.41) is 12.1. The van der Waals surface area contributed by atoms with E-state index in [-0.39, 0.29) is 30.4 Å². The molecular weight excluding hydrogens is 410 g/mol. The average Bonchev–Trinajstić information content (AvgIpc) is 3.38. The first-order chi connectivity index (χ1) is 14.7. The lowest BCUT2D eigenvalue weighted by Gasteiger charge is -2.35. The number of hydrogen-bond acceptors (Lipinski definition) is 6. The van der Waals surface area contributed by atoms with Crippen LogP contribution in [0.4, 0.5) is 0 Å². The summed E-state index contributed by atoms with van der Waals surface area (Å²) in [5.74, 6) is -0.242. The second-order valence-electron chi connectivity index (χ2n) is 9.06. The molecule has 1 aliphatic heterocycles. The van der Waals surface area contributed by atoms with Gasteiger partial charge in [0.15, 0.2) is 0 Å².